The molecule has 1 atom stereocenters. The van der Waals surface area contributed by atoms with Gasteiger partial charge in [0.25, 0.3) is 0 Å². The molecule has 0 aromatic heterocycles. The minimum Gasteiger partial charge on any atom is -0.454 e. The third-order valence-corrected chi connectivity index (χ3v) is 3.35. The Labute approximate surface area is 103 Å². The number of rotatable bonds is 6. The summed E-state index contributed by atoms with van der Waals surface area (Å²) in [6.45, 7) is 2.22. The van der Waals surface area contributed by atoms with Gasteiger partial charge < -0.3 is 4.74 Å². The predicted octanol–water partition coefficient (Wildman–Crippen LogP) is 4.26. The molecule has 1 heterocycles. The summed E-state index contributed by atoms with van der Waals surface area (Å²) < 4.78 is 5.40. The third kappa shape index (κ3) is 2.87. The molecule has 0 unspecified atom stereocenters. The van der Waals surface area contributed by atoms with E-state index in [0.29, 0.717) is 0 Å². The molecule has 1 aromatic carbocycles. The highest BCUT2D eigenvalue weighted by Crippen LogP contribution is 2.33. The van der Waals surface area contributed by atoms with Crippen molar-refractivity contribution in [2.75, 3.05) is 0 Å². The van der Waals surface area contributed by atoms with E-state index in [2.05, 4.69) is 6.92 Å². The second-order valence-corrected chi connectivity index (χ2v) is 4.68. The van der Waals surface area contributed by atoms with Gasteiger partial charge in [-0.05, 0) is 18.9 Å². The van der Waals surface area contributed by atoms with Crippen molar-refractivity contribution < 1.29 is 9.53 Å². The molecular formula is C15H20O2. The highest BCUT2D eigenvalue weighted by atomic mass is 16.5. The maximum Gasteiger partial charge on any atom is 0.339 e. The fourth-order valence-corrected chi connectivity index (χ4v) is 2.37. The molecule has 1 aliphatic rings. The zero-order chi connectivity index (χ0) is 12.1. The van der Waals surface area contributed by atoms with Gasteiger partial charge in [0.15, 0.2) is 0 Å². The molecule has 0 radical (unpaired) electrons. The van der Waals surface area contributed by atoms with Gasteiger partial charge in [0.1, 0.15) is 6.10 Å². The van der Waals surface area contributed by atoms with Crippen LogP contribution in [-0.2, 0) is 4.74 Å². The first-order chi connectivity index (χ1) is 8.33. The molecule has 0 saturated carbocycles. The smallest absolute Gasteiger partial charge is 0.339 e. The summed E-state index contributed by atoms with van der Waals surface area (Å²) in [7, 11) is 0. The van der Waals surface area contributed by atoms with Crippen LogP contribution in [0.3, 0.4) is 0 Å². The Morgan fingerprint density at radius 2 is 1.88 bits per heavy atom. The van der Waals surface area contributed by atoms with Gasteiger partial charge in [-0.3, -0.25) is 0 Å². The summed E-state index contributed by atoms with van der Waals surface area (Å²) in [5.74, 6) is -0.154. The Morgan fingerprint density at radius 1 is 1.12 bits per heavy atom. The fourth-order valence-electron chi connectivity index (χ4n) is 2.37. The Balaban J connectivity index is 1.85. The maximum absolute atomic E-state index is 11.6. The van der Waals surface area contributed by atoms with Gasteiger partial charge in [0, 0.05) is 5.56 Å². The number of fused-ring (bicyclic) bond motifs is 1. The van der Waals surface area contributed by atoms with E-state index in [0.717, 1.165) is 24.0 Å². The fraction of sp³-hybridized carbons (Fsp3) is 0.533. The van der Waals surface area contributed by atoms with Crippen LogP contribution in [0.2, 0.25) is 0 Å². The molecule has 0 spiro atoms. The quantitative estimate of drug-likeness (QED) is 0.541. The lowest BCUT2D eigenvalue weighted by Gasteiger charge is -2.10. The molecule has 0 bridgehead atoms. The zero-order valence-corrected chi connectivity index (χ0v) is 10.4. The highest BCUT2D eigenvalue weighted by molar-refractivity contribution is 5.93. The molecule has 1 aliphatic heterocycles. The van der Waals surface area contributed by atoms with Crippen LogP contribution in [0, 0.1) is 0 Å². The molecule has 0 aliphatic carbocycles. The first-order valence-electron chi connectivity index (χ1n) is 6.63. The van der Waals surface area contributed by atoms with Crippen LogP contribution in [0.5, 0.6) is 0 Å². The molecular weight excluding hydrogens is 212 g/mol. The van der Waals surface area contributed by atoms with Crippen LogP contribution in [0.15, 0.2) is 24.3 Å². The van der Waals surface area contributed by atoms with E-state index < -0.39 is 0 Å². The molecule has 2 rings (SSSR count). The minimum atomic E-state index is -0.154. The van der Waals surface area contributed by atoms with Crippen molar-refractivity contribution in [3.8, 4) is 0 Å². The largest absolute Gasteiger partial charge is 0.454 e. The van der Waals surface area contributed by atoms with Crippen molar-refractivity contribution in [2.45, 2.75) is 51.6 Å². The van der Waals surface area contributed by atoms with Crippen molar-refractivity contribution in [3.05, 3.63) is 35.4 Å². The van der Waals surface area contributed by atoms with E-state index >= 15 is 0 Å². The Kier molecular flexibility index (Phi) is 4.18. The Hall–Kier alpha value is -1.31. The molecule has 1 aromatic rings. The number of esters is 1. The topological polar surface area (TPSA) is 26.3 Å². The average molecular weight is 232 g/mol. The summed E-state index contributed by atoms with van der Waals surface area (Å²) in [5.41, 5.74) is 1.83. The number of ether oxygens (including phenoxy) is 1. The van der Waals surface area contributed by atoms with Crippen molar-refractivity contribution in [1.82, 2.24) is 0 Å². The average Bonchev–Trinajstić information content (AvgIpc) is 2.67. The molecule has 2 nitrogen and oxygen atoms in total. The van der Waals surface area contributed by atoms with E-state index in [4.69, 9.17) is 4.74 Å². The van der Waals surface area contributed by atoms with E-state index in [9.17, 15) is 4.79 Å². The summed E-state index contributed by atoms with van der Waals surface area (Å²) in [6.07, 6.45) is 7.21. The predicted molar refractivity (Wildman–Crippen MR) is 68.0 cm³/mol. The standard InChI is InChI=1S/C15H20O2/c1-2-3-4-5-6-11-14-12-9-7-8-10-13(12)15(16)17-14/h7-10,14H,2-6,11H2,1H3/t14-/m0/s1. The van der Waals surface area contributed by atoms with Crippen LogP contribution in [0.1, 0.15) is 67.5 Å². The summed E-state index contributed by atoms with van der Waals surface area (Å²) >= 11 is 0. The molecule has 2 heteroatoms. The number of carbonyl (C=O) groups excluding carboxylic acids is 1. The molecule has 92 valence electrons. The molecule has 0 N–H and O–H groups in total. The lowest BCUT2D eigenvalue weighted by atomic mass is 10.0. The monoisotopic (exact) mass is 232 g/mol. The van der Waals surface area contributed by atoms with Crippen LogP contribution >= 0.6 is 0 Å². The second kappa shape index (κ2) is 5.85. The van der Waals surface area contributed by atoms with Gasteiger partial charge in [-0.25, -0.2) is 4.79 Å². The van der Waals surface area contributed by atoms with Gasteiger partial charge in [0.2, 0.25) is 0 Å². The summed E-state index contributed by atoms with van der Waals surface area (Å²) in [5, 5.41) is 0. The molecule has 0 saturated heterocycles. The number of hydrogen-bond acceptors (Lipinski definition) is 2. The summed E-state index contributed by atoms with van der Waals surface area (Å²) in [4.78, 5) is 11.6. The zero-order valence-electron chi connectivity index (χ0n) is 10.4. The second-order valence-electron chi connectivity index (χ2n) is 4.68. The van der Waals surface area contributed by atoms with E-state index in [1.807, 2.05) is 24.3 Å². The van der Waals surface area contributed by atoms with E-state index in [1.54, 1.807) is 0 Å². The van der Waals surface area contributed by atoms with Gasteiger partial charge in [-0.15, -0.1) is 0 Å². The van der Waals surface area contributed by atoms with Crippen molar-refractivity contribution in [1.29, 1.82) is 0 Å². The van der Waals surface area contributed by atoms with Crippen LogP contribution < -0.4 is 0 Å². The molecule has 0 fully saturated rings. The maximum atomic E-state index is 11.6. The number of carbonyl (C=O) groups is 1. The van der Waals surface area contributed by atoms with Gasteiger partial charge in [-0.1, -0.05) is 50.8 Å². The number of hydrogen-bond donors (Lipinski definition) is 0. The van der Waals surface area contributed by atoms with E-state index in [1.165, 1.54) is 25.7 Å². The first-order valence-corrected chi connectivity index (χ1v) is 6.63. The number of unbranched alkanes of at least 4 members (excludes halogenated alkanes) is 4. The first kappa shape index (κ1) is 12.2. The molecule has 17 heavy (non-hydrogen) atoms. The normalized spacial score (nSPS) is 17.9. The van der Waals surface area contributed by atoms with Gasteiger partial charge in [-0.2, -0.15) is 0 Å². The van der Waals surface area contributed by atoms with Crippen LogP contribution in [0.4, 0.5) is 0 Å². The van der Waals surface area contributed by atoms with Crippen molar-refractivity contribution in [2.24, 2.45) is 0 Å². The Bertz CT molecular complexity index is 384. The van der Waals surface area contributed by atoms with Crippen molar-refractivity contribution in [3.63, 3.8) is 0 Å². The van der Waals surface area contributed by atoms with Gasteiger partial charge >= 0.3 is 5.97 Å². The van der Waals surface area contributed by atoms with E-state index in [-0.39, 0.29) is 12.1 Å². The van der Waals surface area contributed by atoms with Crippen molar-refractivity contribution >= 4 is 5.97 Å². The lowest BCUT2D eigenvalue weighted by molar-refractivity contribution is 0.0363. The van der Waals surface area contributed by atoms with Gasteiger partial charge in [0.05, 0.1) is 5.56 Å². The highest BCUT2D eigenvalue weighted by Gasteiger charge is 2.29. The number of cyclic esters (lactones) is 1. The third-order valence-electron chi connectivity index (χ3n) is 3.35. The van der Waals surface area contributed by atoms with Crippen LogP contribution in [-0.4, -0.2) is 5.97 Å². The Morgan fingerprint density at radius 3 is 2.71 bits per heavy atom. The SMILES string of the molecule is CCCCCCC[C@@H]1OC(=O)c2ccccc21. The minimum absolute atomic E-state index is 0.000302. The summed E-state index contributed by atoms with van der Waals surface area (Å²) in [6, 6.07) is 7.74. The lowest BCUT2D eigenvalue weighted by Crippen LogP contribution is -1.98. The number of benzene rings is 1. The van der Waals surface area contributed by atoms with Crippen LogP contribution in [0.25, 0.3) is 0 Å². The molecule has 0 amide bonds.